The van der Waals surface area contributed by atoms with E-state index in [1.165, 1.54) is 0 Å². The Morgan fingerprint density at radius 3 is 2.51 bits per heavy atom. The van der Waals surface area contributed by atoms with Crippen LogP contribution in [-0.2, 0) is 29.5 Å². The Morgan fingerprint density at radius 2 is 1.74 bits per heavy atom. The van der Waals surface area contributed by atoms with Crippen molar-refractivity contribution in [1.82, 2.24) is 38.9 Å². The van der Waals surface area contributed by atoms with E-state index in [-0.39, 0.29) is 5.92 Å². The summed E-state index contributed by atoms with van der Waals surface area (Å²) in [6.07, 6.45) is 3.03. The van der Waals surface area contributed by atoms with E-state index in [4.69, 9.17) is 24.7 Å². The summed E-state index contributed by atoms with van der Waals surface area (Å²) < 4.78 is 9.80. The largest absolute Gasteiger partial charge is 0.378 e. The molecular formula is C28H35N9O2. The first-order valence-electron chi connectivity index (χ1n) is 14.1. The van der Waals surface area contributed by atoms with E-state index in [1.807, 2.05) is 30.1 Å². The molecule has 0 spiro atoms. The maximum Gasteiger partial charge on any atom is 0.239 e. The van der Waals surface area contributed by atoms with Crippen LogP contribution in [0.5, 0.6) is 0 Å². The number of amides is 1. The van der Waals surface area contributed by atoms with E-state index in [0.717, 1.165) is 98.2 Å². The van der Waals surface area contributed by atoms with Crippen LogP contribution in [0, 0.1) is 5.92 Å². The molecule has 4 aromatic rings. The number of carbonyl (C=O) groups is 1. The van der Waals surface area contributed by atoms with Gasteiger partial charge in [0.1, 0.15) is 11.6 Å². The van der Waals surface area contributed by atoms with Crippen molar-refractivity contribution >= 4 is 33.9 Å². The summed E-state index contributed by atoms with van der Waals surface area (Å²) in [7, 11) is 2.03. The summed E-state index contributed by atoms with van der Waals surface area (Å²) in [6, 6.07) is 8.14. The molecule has 3 fully saturated rings. The van der Waals surface area contributed by atoms with Gasteiger partial charge in [0.15, 0.2) is 17.0 Å². The molecule has 0 bridgehead atoms. The smallest absolute Gasteiger partial charge is 0.239 e. The van der Waals surface area contributed by atoms with Crippen molar-refractivity contribution in [2.24, 2.45) is 13.0 Å². The zero-order valence-electron chi connectivity index (χ0n) is 22.7. The number of benzene rings is 1. The third-order valence-electron chi connectivity index (χ3n) is 8.33. The predicted octanol–water partition coefficient (Wildman–Crippen LogP) is 2.16. The lowest BCUT2D eigenvalue weighted by atomic mass is 9.98. The fraction of sp³-hybridized carbons (Fsp3) is 0.536. The number of hydrogen-bond donors (Lipinski definition) is 0. The van der Waals surface area contributed by atoms with Crippen molar-refractivity contribution in [1.29, 1.82) is 0 Å². The second kappa shape index (κ2) is 9.87. The first-order chi connectivity index (χ1) is 19.1. The zero-order valence-corrected chi connectivity index (χ0v) is 22.7. The standard InChI is InChI=1S/C28H35N9O2/c1-3-22-29-20-8-4-5-9-21(20)37(22)28-31-25-24(26(32-28)35-12-14-39-15-13-35)30-23(33(25)2)18-34-16-19(17-34)27(38)36-10-6-7-11-36/h4-5,8-9,19H,3,6-7,10-18H2,1-2H3. The normalized spacial score (nSPS) is 18.9. The van der Waals surface area contributed by atoms with Crippen LogP contribution in [-0.4, -0.2) is 97.3 Å². The second-order valence-corrected chi connectivity index (χ2v) is 10.8. The summed E-state index contributed by atoms with van der Waals surface area (Å²) in [6.45, 7) is 9.03. The number of morpholine rings is 1. The van der Waals surface area contributed by atoms with Crippen molar-refractivity contribution in [3.63, 3.8) is 0 Å². The van der Waals surface area contributed by atoms with Crippen molar-refractivity contribution < 1.29 is 9.53 Å². The van der Waals surface area contributed by atoms with Crippen LogP contribution < -0.4 is 4.90 Å². The van der Waals surface area contributed by atoms with Gasteiger partial charge in [-0.25, -0.2) is 9.97 Å². The molecule has 3 aliphatic rings. The number of nitrogens with zero attached hydrogens (tertiary/aromatic N) is 9. The van der Waals surface area contributed by atoms with Crippen molar-refractivity contribution in [3.8, 4) is 5.95 Å². The number of para-hydroxylation sites is 2. The van der Waals surface area contributed by atoms with Crippen molar-refractivity contribution in [3.05, 3.63) is 35.9 Å². The van der Waals surface area contributed by atoms with Gasteiger partial charge in [-0.1, -0.05) is 19.1 Å². The maximum atomic E-state index is 12.8. The lowest BCUT2D eigenvalue weighted by molar-refractivity contribution is -0.140. The molecule has 39 heavy (non-hydrogen) atoms. The molecule has 0 saturated carbocycles. The summed E-state index contributed by atoms with van der Waals surface area (Å²) in [5.41, 5.74) is 3.55. The molecule has 0 atom stereocenters. The molecule has 1 amide bonds. The zero-order chi connectivity index (χ0) is 26.5. The van der Waals surface area contributed by atoms with Gasteiger partial charge < -0.3 is 19.1 Å². The number of aryl methyl sites for hydroxylation is 2. The lowest BCUT2D eigenvalue weighted by Crippen LogP contribution is -2.53. The van der Waals surface area contributed by atoms with Gasteiger partial charge in [-0.3, -0.25) is 14.3 Å². The summed E-state index contributed by atoms with van der Waals surface area (Å²) in [5.74, 6) is 3.74. The average Bonchev–Trinajstić information content (AvgIpc) is 3.68. The third kappa shape index (κ3) is 4.24. The van der Waals surface area contributed by atoms with E-state index in [9.17, 15) is 4.79 Å². The summed E-state index contributed by atoms with van der Waals surface area (Å²) in [5, 5.41) is 0. The van der Waals surface area contributed by atoms with E-state index in [1.54, 1.807) is 0 Å². The highest BCUT2D eigenvalue weighted by molar-refractivity contribution is 5.86. The number of ether oxygens (including phenoxy) is 1. The van der Waals surface area contributed by atoms with Gasteiger partial charge >= 0.3 is 0 Å². The molecule has 3 saturated heterocycles. The Bertz CT molecular complexity index is 1530. The summed E-state index contributed by atoms with van der Waals surface area (Å²) >= 11 is 0. The Labute approximate surface area is 227 Å². The van der Waals surface area contributed by atoms with E-state index in [2.05, 4.69) is 31.9 Å². The molecule has 6 heterocycles. The molecule has 0 N–H and O–H groups in total. The molecule has 0 radical (unpaired) electrons. The van der Waals surface area contributed by atoms with Crippen LogP contribution in [0.15, 0.2) is 24.3 Å². The minimum absolute atomic E-state index is 0.107. The Balaban J connectivity index is 1.25. The number of aromatic nitrogens is 6. The first-order valence-corrected chi connectivity index (χ1v) is 14.1. The number of likely N-dealkylation sites (tertiary alicyclic amines) is 2. The first kappa shape index (κ1) is 24.5. The quantitative estimate of drug-likeness (QED) is 0.375. The predicted molar refractivity (Wildman–Crippen MR) is 148 cm³/mol. The number of anilines is 1. The van der Waals surface area contributed by atoms with Gasteiger partial charge in [0.25, 0.3) is 0 Å². The van der Waals surface area contributed by atoms with Gasteiger partial charge in [-0.15, -0.1) is 0 Å². The van der Waals surface area contributed by atoms with Crippen molar-refractivity contribution in [2.75, 3.05) is 57.4 Å². The Morgan fingerprint density at radius 1 is 0.974 bits per heavy atom. The second-order valence-electron chi connectivity index (χ2n) is 10.8. The highest BCUT2D eigenvalue weighted by atomic mass is 16.5. The average molecular weight is 530 g/mol. The molecule has 1 aromatic carbocycles. The molecular weight excluding hydrogens is 494 g/mol. The van der Waals surface area contributed by atoms with Crippen LogP contribution >= 0.6 is 0 Å². The fourth-order valence-corrected chi connectivity index (χ4v) is 6.10. The maximum absolute atomic E-state index is 12.8. The Kier molecular flexibility index (Phi) is 6.19. The molecule has 11 nitrogen and oxygen atoms in total. The molecule has 11 heteroatoms. The topological polar surface area (TPSA) is 97.4 Å². The SMILES string of the molecule is CCc1nc2ccccc2n1-c1nc(N2CCOCC2)c2nc(CN3CC(C(=O)N4CCCC4)C3)n(C)c2n1. The van der Waals surface area contributed by atoms with Crippen LogP contribution in [0.25, 0.3) is 28.1 Å². The van der Waals surface area contributed by atoms with Gasteiger partial charge in [-0.2, -0.15) is 9.97 Å². The number of carbonyl (C=O) groups excluding carboxylic acids is 1. The summed E-state index contributed by atoms with van der Waals surface area (Å²) in [4.78, 5) is 39.5. The number of imidazole rings is 2. The molecule has 0 aliphatic carbocycles. The van der Waals surface area contributed by atoms with Crippen LogP contribution in [0.3, 0.4) is 0 Å². The Hall–Kier alpha value is -3.57. The fourth-order valence-electron chi connectivity index (χ4n) is 6.10. The van der Waals surface area contributed by atoms with Gasteiger partial charge in [0.2, 0.25) is 11.9 Å². The minimum atomic E-state index is 0.107. The van der Waals surface area contributed by atoms with Crippen molar-refractivity contribution in [2.45, 2.75) is 32.7 Å². The molecule has 204 valence electrons. The molecule has 0 unspecified atom stereocenters. The van der Waals surface area contributed by atoms with E-state index in [0.29, 0.717) is 31.6 Å². The van der Waals surface area contributed by atoms with Gasteiger partial charge in [-0.05, 0) is 25.0 Å². The van der Waals surface area contributed by atoms with E-state index >= 15 is 0 Å². The van der Waals surface area contributed by atoms with Crippen LogP contribution in [0.2, 0.25) is 0 Å². The van der Waals surface area contributed by atoms with Crippen LogP contribution in [0.4, 0.5) is 5.82 Å². The third-order valence-corrected chi connectivity index (χ3v) is 8.33. The number of fused-ring (bicyclic) bond motifs is 2. The highest BCUT2D eigenvalue weighted by Gasteiger charge is 2.37. The highest BCUT2D eigenvalue weighted by Crippen LogP contribution is 2.30. The monoisotopic (exact) mass is 529 g/mol. The number of hydrogen-bond acceptors (Lipinski definition) is 8. The molecule has 7 rings (SSSR count). The lowest BCUT2D eigenvalue weighted by Gasteiger charge is -2.39. The minimum Gasteiger partial charge on any atom is -0.378 e. The molecule has 3 aliphatic heterocycles. The molecule has 3 aromatic heterocycles. The van der Waals surface area contributed by atoms with Gasteiger partial charge in [0, 0.05) is 52.7 Å². The number of rotatable bonds is 6. The van der Waals surface area contributed by atoms with Gasteiger partial charge in [0.05, 0.1) is 36.7 Å². The van der Waals surface area contributed by atoms with Crippen LogP contribution in [0.1, 0.15) is 31.4 Å². The van der Waals surface area contributed by atoms with E-state index < -0.39 is 0 Å².